The van der Waals surface area contributed by atoms with Gasteiger partial charge in [-0.3, -0.25) is 29.0 Å². The van der Waals surface area contributed by atoms with Crippen molar-refractivity contribution in [1.82, 2.24) is 9.80 Å². The van der Waals surface area contributed by atoms with E-state index in [0.717, 1.165) is 51.4 Å². The minimum Gasteiger partial charge on any atom is -0.496 e. The number of amides is 4. The standard InChI is InChI=1S/C52H66N2O8/c1-7-9-11-13-15-17-19-21-23-25-27-53-49(55)33-29-37(59-3)43-45-39(61-5)31-35-42-36(52(58)54(51(35)57)28-26-24-22-20-18-16-14-12-10-8-2)32-40(62-6)46(48(42)45)44-38(60-4)30-34(50(53)56)41(33)47(43)44/h29-32H,7-28H2,1-6H3. The summed E-state index contributed by atoms with van der Waals surface area (Å²) in [5.41, 5.74) is 1.47. The van der Waals surface area contributed by atoms with E-state index in [-0.39, 0.29) is 23.6 Å². The average molecular weight is 847 g/mol. The summed E-state index contributed by atoms with van der Waals surface area (Å²) < 4.78 is 24.5. The number of nitrogens with zero attached hydrogens (tertiary/aromatic N) is 2. The van der Waals surface area contributed by atoms with Gasteiger partial charge in [0.05, 0.1) is 50.7 Å². The molecule has 5 aromatic carbocycles. The molecule has 10 heteroatoms. The molecular formula is C52H66N2O8. The molecule has 0 N–H and O–H groups in total. The van der Waals surface area contributed by atoms with Crippen LogP contribution in [0.3, 0.4) is 0 Å². The third-order valence-corrected chi connectivity index (χ3v) is 13.4. The highest BCUT2D eigenvalue weighted by molar-refractivity contribution is 6.44. The van der Waals surface area contributed by atoms with Crippen LogP contribution in [0.5, 0.6) is 23.0 Å². The van der Waals surface area contributed by atoms with Crippen LogP contribution in [0.25, 0.3) is 43.1 Å². The normalized spacial score (nSPS) is 13.8. The first-order valence-corrected chi connectivity index (χ1v) is 23.5. The van der Waals surface area contributed by atoms with E-state index in [0.29, 0.717) is 101 Å². The van der Waals surface area contributed by atoms with Crippen molar-refractivity contribution in [2.75, 3.05) is 41.5 Å². The molecule has 2 heterocycles. The van der Waals surface area contributed by atoms with Crippen LogP contribution in [-0.4, -0.2) is 75.0 Å². The Balaban J connectivity index is 1.26. The van der Waals surface area contributed by atoms with Gasteiger partial charge in [-0.1, -0.05) is 129 Å². The molecule has 0 saturated carbocycles. The van der Waals surface area contributed by atoms with Crippen LogP contribution in [0.1, 0.15) is 184 Å². The number of fused-ring (bicyclic) bond motifs is 2. The van der Waals surface area contributed by atoms with Gasteiger partial charge in [-0.15, -0.1) is 0 Å². The Labute approximate surface area is 366 Å². The van der Waals surface area contributed by atoms with Crippen molar-refractivity contribution in [1.29, 1.82) is 0 Å². The van der Waals surface area contributed by atoms with E-state index in [1.807, 2.05) is 0 Å². The lowest BCUT2D eigenvalue weighted by Crippen LogP contribution is -2.41. The summed E-state index contributed by atoms with van der Waals surface area (Å²) >= 11 is 0. The smallest absolute Gasteiger partial charge is 0.261 e. The van der Waals surface area contributed by atoms with E-state index in [4.69, 9.17) is 18.9 Å². The van der Waals surface area contributed by atoms with Crippen LogP contribution in [0.4, 0.5) is 0 Å². The number of rotatable bonds is 26. The second-order valence-corrected chi connectivity index (χ2v) is 17.4. The summed E-state index contributed by atoms with van der Waals surface area (Å²) in [5.74, 6) is 0.120. The second-order valence-electron chi connectivity index (χ2n) is 17.4. The first-order valence-electron chi connectivity index (χ1n) is 23.5. The lowest BCUT2D eigenvalue weighted by atomic mass is 9.80. The van der Waals surface area contributed by atoms with Crippen LogP contribution >= 0.6 is 0 Å². The molecule has 0 atom stereocenters. The van der Waals surface area contributed by atoms with Crippen LogP contribution in [0.15, 0.2) is 24.3 Å². The van der Waals surface area contributed by atoms with Crippen molar-refractivity contribution in [2.24, 2.45) is 0 Å². The van der Waals surface area contributed by atoms with Crippen LogP contribution in [0, 0.1) is 0 Å². The van der Waals surface area contributed by atoms with Gasteiger partial charge in [-0.05, 0) is 37.1 Å². The zero-order valence-corrected chi connectivity index (χ0v) is 38.0. The third-order valence-electron chi connectivity index (χ3n) is 13.4. The molecule has 332 valence electrons. The molecule has 0 spiro atoms. The zero-order chi connectivity index (χ0) is 43.9. The fourth-order valence-electron chi connectivity index (χ4n) is 10.2. The molecule has 0 aromatic heterocycles. The highest BCUT2D eigenvalue weighted by atomic mass is 16.5. The Kier molecular flexibility index (Phi) is 14.8. The Morgan fingerprint density at radius 2 is 0.548 bits per heavy atom. The number of methoxy groups -OCH3 is 4. The van der Waals surface area contributed by atoms with Crippen LogP contribution in [0.2, 0.25) is 0 Å². The predicted octanol–water partition coefficient (Wildman–Crippen LogP) is 12.8. The van der Waals surface area contributed by atoms with Crippen molar-refractivity contribution in [3.8, 4) is 23.0 Å². The van der Waals surface area contributed by atoms with E-state index in [1.54, 1.807) is 52.7 Å². The molecule has 2 aliphatic heterocycles. The molecule has 4 amide bonds. The van der Waals surface area contributed by atoms with Crippen LogP contribution in [-0.2, 0) is 0 Å². The van der Waals surface area contributed by atoms with Crippen molar-refractivity contribution in [3.63, 3.8) is 0 Å². The van der Waals surface area contributed by atoms with Gasteiger partial charge < -0.3 is 18.9 Å². The fourth-order valence-corrected chi connectivity index (χ4v) is 10.2. The van der Waals surface area contributed by atoms with Gasteiger partial charge in [-0.2, -0.15) is 0 Å². The molecule has 62 heavy (non-hydrogen) atoms. The topological polar surface area (TPSA) is 112 Å². The molecule has 5 aromatic rings. The Hall–Kier alpha value is -5.12. The largest absolute Gasteiger partial charge is 0.496 e. The van der Waals surface area contributed by atoms with Crippen molar-refractivity contribution in [3.05, 3.63) is 46.5 Å². The van der Waals surface area contributed by atoms with Gasteiger partial charge in [0.15, 0.2) is 0 Å². The van der Waals surface area contributed by atoms with Crippen molar-refractivity contribution < 1.29 is 38.1 Å². The summed E-state index contributed by atoms with van der Waals surface area (Å²) in [6.45, 7) is 5.10. The first-order chi connectivity index (χ1) is 30.3. The maximum absolute atomic E-state index is 14.5. The number of imide groups is 2. The second kappa shape index (κ2) is 20.4. The minimum absolute atomic E-state index is 0.316. The lowest BCUT2D eigenvalue weighted by Gasteiger charge is -2.32. The molecule has 0 aliphatic carbocycles. The van der Waals surface area contributed by atoms with Gasteiger partial charge >= 0.3 is 0 Å². The summed E-state index contributed by atoms with van der Waals surface area (Å²) in [4.78, 5) is 60.5. The fraction of sp³-hybridized carbons (Fsp3) is 0.538. The number of hydrogen-bond acceptors (Lipinski definition) is 8. The van der Waals surface area contributed by atoms with E-state index < -0.39 is 0 Å². The summed E-state index contributed by atoms with van der Waals surface area (Å²) in [6, 6.07) is 6.89. The SMILES string of the molecule is CCCCCCCCCCCCN1C(=O)c2cc(OC)c3c4c(OC)cc5c6c(cc(OC)c(c7c(OC)cc(c2c37)C1=O)c64)C(=O)N(CCCCCCCCCCCC)C5=O. The molecule has 0 radical (unpaired) electrons. The van der Waals surface area contributed by atoms with Gasteiger partial charge in [0, 0.05) is 56.2 Å². The predicted molar refractivity (Wildman–Crippen MR) is 248 cm³/mol. The highest BCUT2D eigenvalue weighted by Crippen LogP contribution is 2.56. The molecule has 0 unspecified atom stereocenters. The zero-order valence-electron chi connectivity index (χ0n) is 38.0. The number of carbonyl (C=O) groups excluding carboxylic acids is 4. The third kappa shape index (κ3) is 8.26. The number of unbranched alkanes of at least 4 members (excludes halogenated alkanes) is 18. The summed E-state index contributed by atoms with van der Waals surface area (Å²) in [5, 5.41) is 4.56. The number of benzene rings is 5. The molecular weight excluding hydrogens is 781 g/mol. The number of hydrogen-bond donors (Lipinski definition) is 0. The molecule has 7 rings (SSSR count). The van der Waals surface area contributed by atoms with E-state index in [1.165, 1.54) is 86.8 Å². The van der Waals surface area contributed by atoms with Gasteiger partial charge in [0.2, 0.25) is 0 Å². The highest BCUT2D eigenvalue weighted by Gasteiger charge is 2.40. The molecule has 2 aliphatic rings. The maximum atomic E-state index is 14.5. The van der Waals surface area contributed by atoms with E-state index in [2.05, 4.69) is 13.8 Å². The number of carbonyl (C=O) groups is 4. The van der Waals surface area contributed by atoms with Crippen molar-refractivity contribution in [2.45, 2.75) is 142 Å². The molecule has 10 nitrogen and oxygen atoms in total. The quantitative estimate of drug-likeness (QED) is 0.0234. The van der Waals surface area contributed by atoms with Gasteiger partial charge in [0.1, 0.15) is 23.0 Å². The Morgan fingerprint density at radius 1 is 0.323 bits per heavy atom. The molecule has 0 bridgehead atoms. The minimum atomic E-state index is -0.368. The first kappa shape index (κ1) is 44.9. The Morgan fingerprint density at radius 3 is 0.774 bits per heavy atom. The summed E-state index contributed by atoms with van der Waals surface area (Å²) in [6.07, 6.45) is 22.9. The monoisotopic (exact) mass is 846 g/mol. The maximum Gasteiger partial charge on any atom is 0.261 e. The van der Waals surface area contributed by atoms with Gasteiger partial charge in [-0.25, -0.2) is 0 Å². The molecule has 0 saturated heterocycles. The summed E-state index contributed by atoms with van der Waals surface area (Å²) in [7, 11) is 6.21. The molecule has 0 fully saturated rings. The van der Waals surface area contributed by atoms with Crippen molar-refractivity contribution >= 4 is 66.7 Å². The lowest BCUT2D eigenvalue weighted by molar-refractivity contribution is 0.0592. The average Bonchev–Trinajstić information content (AvgIpc) is 3.29. The number of ether oxygens (including phenoxy) is 4. The van der Waals surface area contributed by atoms with Crippen LogP contribution < -0.4 is 18.9 Å². The van der Waals surface area contributed by atoms with Gasteiger partial charge in [0.25, 0.3) is 23.6 Å². The van der Waals surface area contributed by atoms with E-state index >= 15 is 0 Å². The Bertz CT molecular complexity index is 2150. The van der Waals surface area contributed by atoms with E-state index in [9.17, 15) is 19.2 Å².